The van der Waals surface area contributed by atoms with E-state index in [1.54, 1.807) is 6.07 Å². The quantitative estimate of drug-likeness (QED) is 0.669. The van der Waals surface area contributed by atoms with Crippen LogP contribution in [0.5, 0.6) is 0 Å². The van der Waals surface area contributed by atoms with Gasteiger partial charge in [0.05, 0.1) is 22.5 Å². The Morgan fingerprint density at radius 2 is 1.76 bits per heavy atom. The van der Waals surface area contributed by atoms with Gasteiger partial charge in [0.1, 0.15) is 0 Å². The van der Waals surface area contributed by atoms with Crippen molar-refractivity contribution in [1.82, 2.24) is 14.3 Å². The number of H-pyrrole nitrogens is 2. The fraction of sp³-hybridized carbons (Fsp3) is 0.235. The molecule has 3 rings (SSSR count). The molecule has 0 aliphatic heterocycles. The fourth-order valence-electron chi connectivity index (χ4n) is 2.59. The van der Waals surface area contributed by atoms with Crippen LogP contribution in [0.3, 0.4) is 0 Å². The third-order valence-electron chi connectivity index (χ3n) is 3.87. The number of hydrogen-bond acceptors (Lipinski definition) is 4. The van der Waals surface area contributed by atoms with Crippen LogP contribution < -0.4 is 5.69 Å². The van der Waals surface area contributed by atoms with Crippen LogP contribution in [0.15, 0.2) is 58.2 Å². The lowest BCUT2D eigenvalue weighted by molar-refractivity contribution is 0.177. The topological polar surface area (TPSA) is 95.3 Å². The molecule has 0 saturated carbocycles. The molecule has 0 aliphatic carbocycles. The largest absolute Gasteiger partial charge is 0.383 e. The van der Waals surface area contributed by atoms with Gasteiger partial charge in [0, 0.05) is 20.2 Å². The maximum Gasteiger partial charge on any atom is 0.323 e. The second kappa shape index (κ2) is 7.22. The monoisotopic (exact) mass is 361 g/mol. The first-order valence-electron chi connectivity index (χ1n) is 7.76. The van der Waals surface area contributed by atoms with E-state index in [-0.39, 0.29) is 30.3 Å². The third kappa shape index (κ3) is 3.81. The second-order valence-corrected chi connectivity index (χ2v) is 7.54. The Labute approximate surface area is 145 Å². The molecule has 0 amide bonds. The van der Waals surface area contributed by atoms with Crippen molar-refractivity contribution in [3.8, 4) is 0 Å². The highest BCUT2D eigenvalue weighted by atomic mass is 32.2. The van der Waals surface area contributed by atoms with Gasteiger partial charge in [-0.1, -0.05) is 30.3 Å². The molecule has 0 radical (unpaired) electrons. The van der Waals surface area contributed by atoms with Gasteiger partial charge in [0.15, 0.2) is 0 Å². The van der Waals surface area contributed by atoms with Crippen LogP contribution in [0.25, 0.3) is 11.0 Å². The van der Waals surface area contributed by atoms with Crippen molar-refractivity contribution in [2.24, 2.45) is 0 Å². The number of aromatic amines is 2. The van der Waals surface area contributed by atoms with Crippen LogP contribution in [0.4, 0.5) is 0 Å². The van der Waals surface area contributed by atoms with Gasteiger partial charge in [0.2, 0.25) is 10.0 Å². The minimum Gasteiger partial charge on any atom is -0.383 e. The Morgan fingerprint density at radius 1 is 1.04 bits per heavy atom. The van der Waals surface area contributed by atoms with Gasteiger partial charge in [-0.3, -0.25) is 0 Å². The molecule has 0 saturated heterocycles. The van der Waals surface area contributed by atoms with E-state index < -0.39 is 10.0 Å². The maximum atomic E-state index is 13.1. The summed E-state index contributed by atoms with van der Waals surface area (Å²) < 4.78 is 32.6. The van der Waals surface area contributed by atoms with E-state index in [4.69, 9.17) is 4.74 Å². The van der Waals surface area contributed by atoms with E-state index >= 15 is 0 Å². The molecule has 0 atom stereocenters. The van der Waals surface area contributed by atoms with Crippen molar-refractivity contribution < 1.29 is 13.2 Å². The minimum atomic E-state index is -3.74. The van der Waals surface area contributed by atoms with Crippen molar-refractivity contribution in [3.63, 3.8) is 0 Å². The van der Waals surface area contributed by atoms with E-state index in [1.165, 1.54) is 23.5 Å². The summed E-state index contributed by atoms with van der Waals surface area (Å²) in [6.07, 6.45) is 0. The summed E-state index contributed by atoms with van der Waals surface area (Å²) in [5.41, 5.74) is 1.54. The summed E-state index contributed by atoms with van der Waals surface area (Å²) in [7, 11) is -2.20. The number of rotatable bonds is 7. The van der Waals surface area contributed by atoms with Crippen molar-refractivity contribution in [2.75, 3.05) is 20.3 Å². The van der Waals surface area contributed by atoms with Gasteiger partial charge in [0.25, 0.3) is 0 Å². The number of nitrogens with one attached hydrogen (secondary N) is 2. The zero-order chi connectivity index (χ0) is 17.9. The molecule has 2 aromatic carbocycles. The van der Waals surface area contributed by atoms with Crippen LogP contribution in [0, 0.1) is 0 Å². The zero-order valence-electron chi connectivity index (χ0n) is 13.7. The SMILES string of the molecule is COCCN(Cc1ccccc1)S(=O)(=O)c1ccc2[nH]c(=O)[nH]c2c1. The molecule has 2 N–H and O–H groups in total. The molecule has 0 spiro atoms. The Balaban J connectivity index is 1.97. The molecule has 132 valence electrons. The molecule has 3 aromatic rings. The zero-order valence-corrected chi connectivity index (χ0v) is 14.5. The number of imidazole rings is 1. The molecule has 0 aliphatic rings. The van der Waals surface area contributed by atoms with Gasteiger partial charge in [-0.2, -0.15) is 4.31 Å². The third-order valence-corrected chi connectivity index (χ3v) is 5.71. The summed E-state index contributed by atoms with van der Waals surface area (Å²) in [4.78, 5) is 16.7. The van der Waals surface area contributed by atoms with Crippen molar-refractivity contribution in [3.05, 3.63) is 64.6 Å². The molecule has 0 unspecified atom stereocenters. The maximum absolute atomic E-state index is 13.1. The lowest BCUT2D eigenvalue weighted by Gasteiger charge is -2.22. The van der Waals surface area contributed by atoms with E-state index in [0.29, 0.717) is 11.0 Å². The lowest BCUT2D eigenvalue weighted by atomic mass is 10.2. The molecule has 1 aromatic heterocycles. The Morgan fingerprint density at radius 3 is 2.48 bits per heavy atom. The molecular weight excluding hydrogens is 342 g/mol. The first-order chi connectivity index (χ1) is 12.0. The van der Waals surface area contributed by atoms with Gasteiger partial charge < -0.3 is 14.7 Å². The van der Waals surface area contributed by atoms with Crippen molar-refractivity contribution in [1.29, 1.82) is 0 Å². The normalized spacial score (nSPS) is 12.1. The number of ether oxygens (including phenoxy) is 1. The van der Waals surface area contributed by atoms with E-state index in [0.717, 1.165) is 5.56 Å². The number of fused-ring (bicyclic) bond motifs is 1. The molecular formula is C17H19N3O4S. The first kappa shape index (κ1) is 17.4. The Bertz CT molecular complexity index is 1010. The summed E-state index contributed by atoms with van der Waals surface area (Å²) in [6, 6.07) is 13.9. The van der Waals surface area contributed by atoms with Crippen LogP contribution in [-0.4, -0.2) is 43.0 Å². The second-order valence-electron chi connectivity index (χ2n) is 5.60. The molecule has 0 bridgehead atoms. The van der Waals surface area contributed by atoms with Crippen LogP contribution >= 0.6 is 0 Å². The number of methoxy groups -OCH3 is 1. The highest BCUT2D eigenvalue weighted by Gasteiger charge is 2.25. The highest BCUT2D eigenvalue weighted by molar-refractivity contribution is 7.89. The van der Waals surface area contributed by atoms with Crippen molar-refractivity contribution in [2.45, 2.75) is 11.4 Å². The average Bonchev–Trinajstić information content (AvgIpc) is 2.98. The number of hydrogen-bond donors (Lipinski definition) is 2. The number of benzene rings is 2. The first-order valence-corrected chi connectivity index (χ1v) is 9.20. The Kier molecular flexibility index (Phi) is 5.03. The molecule has 0 fully saturated rings. The summed E-state index contributed by atoms with van der Waals surface area (Å²) in [6.45, 7) is 0.763. The van der Waals surface area contributed by atoms with Crippen LogP contribution in [-0.2, 0) is 21.3 Å². The minimum absolute atomic E-state index is 0.127. The molecule has 1 heterocycles. The van der Waals surface area contributed by atoms with E-state index in [1.807, 2.05) is 30.3 Å². The van der Waals surface area contributed by atoms with Gasteiger partial charge in [-0.15, -0.1) is 0 Å². The Hall–Kier alpha value is -2.42. The van der Waals surface area contributed by atoms with Crippen LogP contribution in [0.2, 0.25) is 0 Å². The van der Waals surface area contributed by atoms with Crippen molar-refractivity contribution >= 4 is 21.1 Å². The van der Waals surface area contributed by atoms with Gasteiger partial charge in [-0.05, 0) is 23.8 Å². The molecule has 25 heavy (non-hydrogen) atoms. The lowest BCUT2D eigenvalue weighted by Crippen LogP contribution is -2.33. The number of sulfonamides is 1. The average molecular weight is 361 g/mol. The van der Waals surface area contributed by atoms with E-state index in [2.05, 4.69) is 9.97 Å². The number of aromatic nitrogens is 2. The van der Waals surface area contributed by atoms with Gasteiger partial charge in [-0.25, -0.2) is 13.2 Å². The predicted octanol–water partition coefficient (Wildman–Crippen LogP) is 1.69. The fourth-order valence-corrected chi connectivity index (χ4v) is 4.02. The molecule has 8 heteroatoms. The highest BCUT2D eigenvalue weighted by Crippen LogP contribution is 2.21. The van der Waals surface area contributed by atoms with Gasteiger partial charge >= 0.3 is 5.69 Å². The summed E-state index contributed by atoms with van der Waals surface area (Å²) >= 11 is 0. The molecule has 7 nitrogen and oxygen atoms in total. The standard InChI is InChI=1S/C17H19N3O4S/c1-24-10-9-20(12-13-5-3-2-4-6-13)25(22,23)14-7-8-15-16(11-14)19-17(21)18-15/h2-8,11H,9-10,12H2,1H3,(H2,18,19,21). The number of nitrogens with zero attached hydrogens (tertiary/aromatic N) is 1. The van der Waals surface area contributed by atoms with Crippen LogP contribution in [0.1, 0.15) is 5.56 Å². The smallest absolute Gasteiger partial charge is 0.323 e. The van der Waals surface area contributed by atoms with E-state index in [9.17, 15) is 13.2 Å². The summed E-state index contributed by atoms with van der Waals surface area (Å²) in [5, 5.41) is 0. The summed E-state index contributed by atoms with van der Waals surface area (Å²) in [5.74, 6) is 0. The predicted molar refractivity (Wildman–Crippen MR) is 94.8 cm³/mol.